The highest BCUT2D eigenvalue weighted by Crippen LogP contribution is 2.31. The highest BCUT2D eigenvalue weighted by molar-refractivity contribution is 7.25. The van der Waals surface area contributed by atoms with Crippen molar-refractivity contribution in [1.29, 1.82) is 0 Å². The SMILES string of the molecule is Cc1ccc(-n2nnc3c(sc4nc(C)cc(C)c43)c2=O)c(C)c1. The van der Waals surface area contributed by atoms with Gasteiger partial charge in [-0.1, -0.05) is 22.9 Å². The Balaban J connectivity index is 2.07. The second-order valence-corrected chi connectivity index (χ2v) is 7.14. The highest BCUT2D eigenvalue weighted by Gasteiger charge is 2.17. The molecule has 0 saturated heterocycles. The van der Waals surface area contributed by atoms with Crippen LogP contribution < -0.4 is 5.56 Å². The van der Waals surface area contributed by atoms with E-state index in [-0.39, 0.29) is 5.56 Å². The zero-order chi connectivity index (χ0) is 17.0. The van der Waals surface area contributed by atoms with E-state index in [0.29, 0.717) is 10.2 Å². The molecule has 0 radical (unpaired) electrons. The third kappa shape index (κ3) is 2.14. The van der Waals surface area contributed by atoms with E-state index in [1.165, 1.54) is 16.0 Å². The lowest BCUT2D eigenvalue weighted by Crippen LogP contribution is -2.22. The first-order chi connectivity index (χ1) is 11.5. The average molecular weight is 336 g/mol. The van der Waals surface area contributed by atoms with Gasteiger partial charge in [0, 0.05) is 11.1 Å². The van der Waals surface area contributed by atoms with Crippen LogP contribution >= 0.6 is 11.3 Å². The predicted octanol–water partition coefficient (Wildman–Crippen LogP) is 3.62. The van der Waals surface area contributed by atoms with Gasteiger partial charge in [0.1, 0.15) is 15.0 Å². The summed E-state index contributed by atoms with van der Waals surface area (Å²) in [5.41, 5.74) is 5.42. The normalized spacial score (nSPS) is 11.5. The monoisotopic (exact) mass is 336 g/mol. The van der Waals surface area contributed by atoms with E-state index in [9.17, 15) is 4.79 Å². The Morgan fingerprint density at radius 2 is 1.83 bits per heavy atom. The Morgan fingerprint density at radius 1 is 1.04 bits per heavy atom. The molecule has 1 aromatic carbocycles. The third-order valence-corrected chi connectivity index (χ3v) is 5.22. The van der Waals surface area contributed by atoms with Gasteiger partial charge >= 0.3 is 0 Å². The topological polar surface area (TPSA) is 60.7 Å². The molecule has 4 rings (SSSR count). The molecule has 6 heteroatoms. The van der Waals surface area contributed by atoms with Crippen LogP contribution in [-0.2, 0) is 0 Å². The van der Waals surface area contributed by atoms with E-state index >= 15 is 0 Å². The van der Waals surface area contributed by atoms with Crippen molar-refractivity contribution in [1.82, 2.24) is 20.0 Å². The number of aromatic nitrogens is 4. The van der Waals surface area contributed by atoms with Crippen LogP contribution in [0.4, 0.5) is 0 Å². The molecular formula is C18H16N4OS. The van der Waals surface area contributed by atoms with E-state index in [0.717, 1.165) is 38.3 Å². The Hall–Kier alpha value is -2.60. The number of fused-ring (bicyclic) bond motifs is 3. The summed E-state index contributed by atoms with van der Waals surface area (Å²) >= 11 is 1.39. The van der Waals surface area contributed by atoms with Gasteiger partial charge in [-0.05, 0) is 51.0 Å². The van der Waals surface area contributed by atoms with Gasteiger partial charge in [0.2, 0.25) is 0 Å². The molecule has 4 aromatic rings. The number of rotatable bonds is 1. The quantitative estimate of drug-likeness (QED) is 0.532. The zero-order valence-corrected chi connectivity index (χ0v) is 14.7. The lowest BCUT2D eigenvalue weighted by molar-refractivity contribution is 0.736. The van der Waals surface area contributed by atoms with Gasteiger partial charge in [0.15, 0.2) is 0 Å². The van der Waals surface area contributed by atoms with Crippen molar-refractivity contribution in [3.8, 4) is 5.69 Å². The molecule has 0 aliphatic carbocycles. The van der Waals surface area contributed by atoms with Crippen molar-refractivity contribution in [2.24, 2.45) is 0 Å². The summed E-state index contributed by atoms with van der Waals surface area (Å²) in [6.07, 6.45) is 0. The summed E-state index contributed by atoms with van der Waals surface area (Å²) in [6, 6.07) is 7.92. The minimum absolute atomic E-state index is 0.146. The summed E-state index contributed by atoms with van der Waals surface area (Å²) < 4.78 is 1.98. The van der Waals surface area contributed by atoms with E-state index < -0.39 is 0 Å². The summed E-state index contributed by atoms with van der Waals surface area (Å²) in [4.78, 5) is 18.4. The van der Waals surface area contributed by atoms with Gasteiger partial charge < -0.3 is 0 Å². The van der Waals surface area contributed by atoms with Gasteiger partial charge in [-0.25, -0.2) is 4.98 Å². The minimum atomic E-state index is -0.146. The average Bonchev–Trinajstić information content (AvgIpc) is 2.88. The van der Waals surface area contributed by atoms with E-state index in [1.54, 1.807) is 0 Å². The van der Waals surface area contributed by atoms with Gasteiger partial charge in [-0.3, -0.25) is 4.79 Å². The number of hydrogen-bond donors (Lipinski definition) is 0. The summed E-state index contributed by atoms with van der Waals surface area (Å²) in [6.45, 7) is 7.97. The maximum absolute atomic E-state index is 13.0. The molecule has 0 aliphatic rings. The lowest BCUT2D eigenvalue weighted by Gasteiger charge is -2.07. The first-order valence-corrected chi connectivity index (χ1v) is 8.51. The molecule has 0 unspecified atom stereocenters. The molecule has 0 N–H and O–H groups in total. The summed E-state index contributed by atoms with van der Waals surface area (Å²) in [5.74, 6) is 0. The molecule has 120 valence electrons. The number of hydrogen-bond acceptors (Lipinski definition) is 5. The van der Waals surface area contributed by atoms with Crippen molar-refractivity contribution in [2.75, 3.05) is 0 Å². The summed E-state index contributed by atoms with van der Waals surface area (Å²) in [7, 11) is 0. The summed E-state index contributed by atoms with van der Waals surface area (Å²) in [5, 5.41) is 9.46. The van der Waals surface area contributed by atoms with Crippen LogP contribution in [0, 0.1) is 27.7 Å². The van der Waals surface area contributed by atoms with Crippen molar-refractivity contribution < 1.29 is 0 Å². The second-order valence-electron chi connectivity index (χ2n) is 6.14. The predicted molar refractivity (Wildman–Crippen MR) is 97.3 cm³/mol. The molecule has 0 saturated carbocycles. The van der Waals surface area contributed by atoms with Crippen LogP contribution in [-0.4, -0.2) is 20.0 Å². The Morgan fingerprint density at radius 3 is 2.58 bits per heavy atom. The standard InChI is InChI=1S/C18H16N4OS/c1-9-5-6-13(10(2)7-9)22-18(23)16-15(20-21-22)14-11(3)8-12(4)19-17(14)24-16/h5-8H,1-4H3. The molecule has 24 heavy (non-hydrogen) atoms. The number of nitrogens with zero attached hydrogens (tertiary/aromatic N) is 4. The fraction of sp³-hybridized carbons (Fsp3) is 0.222. The Bertz CT molecular complexity index is 1170. The minimum Gasteiger partial charge on any atom is -0.266 e. The Labute approximate surface area is 142 Å². The maximum Gasteiger partial charge on any atom is 0.292 e. The zero-order valence-electron chi connectivity index (χ0n) is 13.9. The molecule has 0 aliphatic heterocycles. The molecular weight excluding hydrogens is 320 g/mol. The molecule has 3 aromatic heterocycles. The first kappa shape index (κ1) is 15.0. The van der Waals surface area contributed by atoms with Crippen molar-refractivity contribution in [3.63, 3.8) is 0 Å². The maximum atomic E-state index is 13.0. The fourth-order valence-electron chi connectivity index (χ4n) is 3.09. The number of pyridine rings is 1. The van der Waals surface area contributed by atoms with Crippen LogP contribution in [0.25, 0.3) is 26.1 Å². The molecule has 5 nitrogen and oxygen atoms in total. The molecule has 0 bridgehead atoms. The number of thiophene rings is 1. The number of benzene rings is 1. The molecule has 3 heterocycles. The fourth-order valence-corrected chi connectivity index (χ4v) is 4.25. The smallest absolute Gasteiger partial charge is 0.266 e. The molecule has 0 atom stereocenters. The van der Waals surface area contributed by atoms with Gasteiger partial charge in [-0.15, -0.1) is 16.4 Å². The molecule has 0 fully saturated rings. The van der Waals surface area contributed by atoms with Crippen LogP contribution in [0.15, 0.2) is 29.1 Å². The second kappa shape index (κ2) is 5.21. The Kier molecular flexibility index (Phi) is 3.25. The van der Waals surface area contributed by atoms with Crippen LogP contribution in [0.1, 0.15) is 22.4 Å². The van der Waals surface area contributed by atoms with Crippen molar-refractivity contribution >= 4 is 31.8 Å². The first-order valence-electron chi connectivity index (χ1n) is 7.70. The van der Waals surface area contributed by atoms with Crippen molar-refractivity contribution in [3.05, 3.63) is 57.0 Å². The van der Waals surface area contributed by atoms with Crippen LogP contribution in [0.5, 0.6) is 0 Å². The van der Waals surface area contributed by atoms with Gasteiger partial charge in [-0.2, -0.15) is 4.68 Å². The van der Waals surface area contributed by atoms with Crippen LogP contribution in [0.3, 0.4) is 0 Å². The van der Waals surface area contributed by atoms with E-state index in [4.69, 9.17) is 0 Å². The van der Waals surface area contributed by atoms with Gasteiger partial charge in [0.25, 0.3) is 5.56 Å². The van der Waals surface area contributed by atoms with Gasteiger partial charge in [0.05, 0.1) is 5.69 Å². The van der Waals surface area contributed by atoms with Crippen molar-refractivity contribution in [2.45, 2.75) is 27.7 Å². The number of aryl methyl sites for hydroxylation is 4. The molecule has 0 spiro atoms. The van der Waals surface area contributed by atoms with E-state index in [2.05, 4.69) is 15.3 Å². The van der Waals surface area contributed by atoms with E-state index in [1.807, 2.05) is 52.0 Å². The highest BCUT2D eigenvalue weighted by atomic mass is 32.1. The third-order valence-electron chi connectivity index (χ3n) is 4.16. The molecule has 0 amide bonds. The van der Waals surface area contributed by atoms with Crippen LogP contribution in [0.2, 0.25) is 0 Å². The largest absolute Gasteiger partial charge is 0.292 e. The lowest BCUT2D eigenvalue weighted by atomic mass is 10.1.